The molecular weight excluding hydrogens is 322 g/mol. The largest absolute Gasteiger partial charge is 0.389 e. The van der Waals surface area contributed by atoms with Gasteiger partial charge in [-0.3, -0.25) is 4.79 Å². The molecule has 134 valence electrons. The van der Waals surface area contributed by atoms with Crippen LogP contribution in [0.15, 0.2) is 5.38 Å². The van der Waals surface area contributed by atoms with Crippen LogP contribution < -0.4 is 5.32 Å². The maximum absolute atomic E-state index is 12.7. The molecule has 1 aromatic heterocycles. The molecule has 2 atom stereocenters. The highest BCUT2D eigenvalue weighted by atomic mass is 32.1. The second-order valence-corrected chi connectivity index (χ2v) is 8.55. The molecule has 1 saturated heterocycles. The van der Waals surface area contributed by atoms with Crippen LogP contribution in [-0.4, -0.2) is 46.1 Å². The maximum Gasteiger partial charge on any atom is 0.273 e. The predicted molar refractivity (Wildman–Crippen MR) is 97.5 cm³/mol. The first-order valence-corrected chi connectivity index (χ1v) is 10.1. The average molecular weight is 352 g/mol. The Morgan fingerprint density at radius 2 is 2.33 bits per heavy atom. The Morgan fingerprint density at radius 1 is 1.50 bits per heavy atom. The van der Waals surface area contributed by atoms with Gasteiger partial charge in [0.05, 0.1) is 5.60 Å². The van der Waals surface area contributed by atoms with E-state index in [4.69, 9.17) is 0 Å². The summed E-state index contributed by atoms with van der Waals surface area (Å²) in [6.45, 7) is 6.59. The van der Waals surface area contributed by atoms with Crippen molar-refractivity contribution >= 4 is 22.4 Å². The molecule has 2 aliphatic rings. The summed E-state index contributed by atoms with van der Waals surface area (Å²) in [5, 5.41) is 16.7. The van der Waals surface area contributed by atoms with Crippen LogP contribution in [-0.2, 0) is 0 Å². The van der Waals surface area contributed by atoms with Gasteiger partial charge < -0.3 is 15.3 Å². The number of likely N-dealkylation sites (tertiary alicyclic amines) is 1. The number of fused-ring (bicyclic) bond motifs is 1. The van der Waals surface area contributed by atoms with Crippen molar-refractivity contribution in [3.63, 3.8) is 0 Å². The van der Waals surface area contributed by atoms with Gasteiger partial charge in [-0.15, -0.1) is 11.3 Å². The number of hydrogen-bond donors (Lipinski definition) is 2. The third-order valence-corrected chi connectivity index (χ3v) is 6.24. The Hall–Kier alpha value is -1.14. The number of hydrogen-bond acceptors (Lipinski definition) is 5. The van der Waals surface area contributed by atoms with Gasteiger partial charge in [0.25, 0.3) is 5.91 Å². The fraction of sp³-hybridized carbons (Fsp3) is 0.778. The standard InChI is InChI=1S/C18H29N3O2S/c1-13(2)6-9-19-17-20-15(12-24-17)16(22)21-10-8-18(23)7-4-3-5-14(18)11-21/h12-14,23H,3-11H2,1-2H3,(H,19,20). The van der Waals surface area contributed by atoms with Gasteiger partial charge in [-0.1, -0.05) is 26.7 Å². The van der Waals surface area contributed by atoms with E-state index in [2.05, 4.69) is 24.1 Å². The highest BCUT2D eigenvalue weighted by Gasteiger charge is 2.44. The lowest BCUT2D eigenvalue weighted by Gasteiger charge is -2.47. The Kier molecular flexibility index (Phi) is 5.45. The Balaban J connectivity index is 1.58. The minimum atomic E-state index is -0.541. The first kappa shape index (κ1) is 17.7. The summed E-state index contributed by atoms with van der Waals surface area (Å²) in [6, 6.07) is 0. The molecule has 1 aliphatic heterocycles. The van der Waals surface area contributed by atoms with Crippen LogP contribution >= 0.6 is 11.3 Å². The number of carbonyl (C=O) groups is 1. The molecule has 0 aromatic carbocycles. The summed E-state index contributed by atoms with van der Waals surface area (Å²) < 4.78 is 0. The summed E-state index contributed by atoms with van der Waals surface area (Å²) in [5.41, 5.74) is -0.00555. The molecule has 1 saturated carbocycles. The van der Waals surface area contributed by atoms with E-state index in [1.165, 1.54) is 11.3 Å². The SMILES string of the molecule is CC(C)CCNc1nc(C(=O)N2CCC3(O)CCCCC3C2)cs1. The van der Waals surface area contributed by atoms with Gasteiger partial charge in [-0.05, 0) is 31.6 Å². The lowest BCUT2D eigenvalue weighted by Crippen LogP contribution is -2.54. The first-order valence-electron chi connectivity index (χ1n) is 9.19. The third kappa shape index (κ3) is 3.91. The Morgan fingerprint density at radius 3 is 3.12 bits per heavy atom. The highest BCUT2D eigenvalue weighted by Crippen LogP contribution is 2.40. The van der Waals surface area contributed by atoms with E-state index in [-0.39, 0.29) is 11.8 Å². The maximum atomic E-state index is 12.7. The lowest BCUT2D eigenvalue weighted by atomic mass is 9.71. The van der Waals surface area contributed by atoms with Crippen molar-refractivity contribution in [1.82, 2.24) is 9.88 Å². The summed E-state index contributed by atoms with van der Waals surface area (Å²) >= 11 is 1.50. The summed E-state index contributed by atoms with van der Waals surface area (Å²) in [6.07, 6.45) is 5.98. The van der Waals surface area contributed by atoms with Crippen LogP contribution in [0.2, 0.25) is 0 Å². The highest BCUT2D eigenvalue weighted by molar-refractivity contribution is 7.13. The smallest absolute Gasteiger partial charge is 0.273 e. The van der Waals surface area contributed by atoms with Crippen LogP contribution in [0.3, 0.4) is 0 Å². The van der Waals surface area contributed by atoms with Crippen molar-refractivity contribution in [3.8, 4) is 0 Å². The van der Waals surface area contributed by atoms with E-state index < -0.39 is 5.60 Å². The predicted octanol–water partition coefficient (Wildman–Crippen LogP) is 3.37. The summed E-state index contributed by atoms with van der Waals surface area (Å²) in [7, 11) is 0. The number of piperidine rings is 1. The number of aliphatic hydroxyl groups is 1. The zero-order chi connectivity index (χ0) is 17.2. The average Bonchev–Trinajstić information content (AvgIpc) is 3.02. The quantitative estimate of drug-likeness (QED) is 0.854. The third-order valence-electron chi connectivity index (χ3n) is 5.44. The molecule has 24 heavy (non-hydrogen) atoms. The zero-order valence-corrected chi connectivity index (χ0v) is 15.6. The van der Waals surface area contributed by atoms with Crippen molar-refractivity contribution in [1.29, 1.82) is 0 Å². The minimum absolute atomic E-state index is 0.00998. The van der Waals surface area contributed by atoms with Crippen molar-refractivity contribution in [2.75, 3.05) is 25.0 Å². The lowest BCUT2D eigenvalue weighted by molar-refractivity contribution is -0.0886. The van der Waals surface area contributed by atoms with E-state index in [0.29, 0.717) is 31.1 Å². The van der Waals surface area contributed by atoms with Crippen molar-refractivity contribution in [3.05, 3.63) is 11.1 Å². The molecule has 0 bridgehead atoms. The van der Waals surface area contributed by atoms with Crippen LogP contribution in [0.5, 0.6) is 0 Å². The van der Waals surface area contributed by atoms with Gasteiger partial charge >= 0.3 is 0 Å². The number of aromatic nitrogens is 1. The van der Waals surface area contributed by atoms with Crippen LogP contribution in [0.25, 0.3) is 0 Å². The first-order chi connectivity index (χ1) is 11.5. The van der Waals surface area contributed by atoms with Crippen LogP contribution in [0, 0.1) is 11.8 Å². The molecular formula is C18H29N3O2S. The zero-order valence-electron chi connectivity index (χ0n) is 14.8. The van der Waals surface area contributed by atoms with E-state index in [0.717, 1.165) is 43.8 Å². The Bertz CT molecular complexity index is 574. The molecule has 5 nitrogen and oxygen atoms in total. The number of thiazole rings is 1. The topological polar surface area (TPSA) is 65.5 Å². The van der Waals surface area contributed by atoms with Gasteiger partial charge in [0.2, 0.25) is 0 Å². The van der Waals surface area contributed by atoms with Gasteiger partial charge in [0.1, 0.15) is 5.69 Å². The molecule has 6 heteroatoms. The molecule has 2 heterocycles. The van der Waals surface area contributed by atoms with E-state index in [1.54, 1.807) is 0 Å². The fourth-order valence-corrected chi connectivity index (χ4v) is 4.55. The number of rotatable bonds is 5. The minimum Gasteiger partial charge on any atom is -0.389 e. The van der Waals surface area contributed by atoms with E-state index >= 15 is 0 Å². The van der Waals surface area contributed by atoms with Gasteiger partial charge in [-0.25, -0.2) is 4.98 Å². The molecule has 0 spiro atoms. The van der Waals surface area contributed by atoms with E-state index in [9.17, 15) is 9.90 Å². The molecule has 2 unspecified atom stereocenters. The number of anilines is 1. The second-order valence-electron chi connectivity index (χ2n) is 7.69. The fourth-order valence-electron chi connectivity index (χ4n) is 3.84. The molecule has 1 aromatic rings. The number of amides is 1. The van der Waals surface area contributed by atoms with Gasteiger partial charge in [-0.2, -0.15) is 0 Å². The molecule has 1 amide bonds. The monoisotopic (exact) mass is 351 g/mol. The number of carbonyl (C=O) groups excluding carboxylic acids is 1. The summed E-state index contributed by atoms with van der Waals surface area (Å²) in [5.74, 6) is 0.892. The van der Waals surface area contributed by atoms with Crippen LogP contribution in [0.4, 0.5) is 5.13 Å². The van der Waals surface area contributed by atoms with Crippen molar-refractivity contribution in [2.45, 2.75) is 58.0 Å². The Labute approximate surface area is 148 Å². The van der Waals surface area contributed by atoms with Crippen molar-refractivity contribution in [2.24, 2.45) is 11.8 Å². The number of nitrogens with one attached hydrogen (secondary N) is 1. The molecule has 1 aliphatic carbocycles. The van der Waals surface area contributed by atoms with Crippen LogP contribution in [0.1, 0.15) is 62.9 Å². The van der Waals surface area contributed by atoms with Gasteiger partial charge in [0.15, 0.2) is 5.13 Å². The molecule has 2 fully saturated rings. The second kappa shape index (κ2) is 7.40. The van der Waals surface area contributed by atoms with Crippen molar-refractivity contribution < 1.29 is 9.90 Å². The van der Waals surface area contributed by atoms with Gasteiger partial charge in [0, 0.05) is 30.9 Å². The molecule has 0 radical (unpaired) electrons. The summed E-state index contributed by atoms with van der Waals surface area (Å²) in [4.78, 5) is 19.1. The molecule has 3 rings (SSSR count). The van der Waals surface area contributed by atoms with E-state index in [1.807, 2.05) is 10.3 Å². The molecule has 2 N–H and O–H groups in total. The normalized spacial score (nSPS) is 27.2. The number of nitrogens with zero attached hydrogens (tertiary/aromatic N) is 2.